The van der Waals surface area contributed by atoms with Crippen LogP contribution in [0.15, 0.2) is 55.1 Å². The molecule has 1 aromatic heterocycles. The summed E-state index contributed by atoms with van der Waals surface area (Å²) >= 11 is 0. The number of nitrogens with one attached hydrogen (secondary N) is 1. The largest absolute Gasteiger partial charge is 0.380 e. The Morgan fingerprint density at radius 2 is 2.05 bits per heavy atom. The molecule has 1 atom stereocenters. The zero-order chi connectivity index (χ0) is 14.7. The normalized spacial score (nSPS) is 12.0. The van der Waals surface area contributed by atoms with Gasteiger partial charge in [0, 0.05) is 41.4 Å². The van der Waals surface area contributed by atoms with Crippen molar-refractivity contribution >= 4 is 16.5 Å². The van der Waals surface area contributed by atoms with E-state index in [1.807, 2.05) is 53.5 Å². The summed E-state index contributed by atoms with van der Waals surface area (Å²) in [6, 6.07) is 14.3. The molecule has 4 nitrogen and oxygen atoms in total. The highest BCUT2D eigenvalue weighted by Gasteiger charge is 2.08. The van der Waals surface area contributed by atoms with Crippen molar-refractivity contribution in [1.29, 1.82) is 5.26 Å². The van der Waals surface area contributed by atoms with Crippen molar-refractivity contribution in [2.75, 3.05) is 5.32 Å². The summed E-state index contributed by atoms with van der Waals surface area (Å²) in [4.78, 5) is 4.05. The molecule has 0 fully saturated rings. The van der Waals surface area contributed by atoms with E-state index in [0.29, 0.717) is 5.56 Å². The maximum Gasteiger partial charge on any atom is 0.0998 e. The quantitative estimate of drug-likeness (QED) is 0.794. The zero-order valence-electron chi connectivity index (χ0n) is 11.8. The van der Waals surface area contributed by atoms with E-state index in [0.717, 1.165) is 23.0 Å². The first kappa shape index (κ1) is 13.2. The predicted molar refractivity (Wildman–Crippen MR) is 84.0 cm³/mol. The van der Waals surface area contributed by atoms with Crippen molar-refractivity contribution in [3.05, 3.63) is 60.7 Å². The number of anilines is 1. The standard InChI is InChI=1S/C17H16N4/c1-13(11-21-9-8-19-12-21)20-17-7-6-14(10-18)15-4-2-3-5-16(15)17/h2-9,12-13,20H,11H2,1H3. The third-order valence-corrected chi connectivity index (χ3v) is 3.49. The molecule has 2 aromatic carbocycles. The first-order valence-corrected chi connectivity index (χ1v) is 6.92. The Morgan fingerprint density at radius 3 is 2.76 bits per heavy atom. The van der Waals surface area contributed by atoms with Gasteiger partial charge in [-0.25, -0.2) is 4.98 Å². The number of aromatic nitrogens is 2. The molecule has 3 aromatic rings. The van der Waals surface area contributed by atoms with Crippen molar-refractivity contribution in [3.63, 3.8) is 0 Å². The Morgan fingerprint density at radius 1 is 1.24 bits per heavy atom. The second-order valence-corrected chi connectivity index (χ2v) is 5.12. The van der Waals surface area contributed by atoms with E-state index >= 15 is 0 Å². The lowest BCUT2D eigenvalue weighted by atomic mass is 10.0. The lowest BCUT2D eigenvalue weighted by Gasteiger charge is -2.17. The van der Waals surface area contributed by atoms with Gasteiger partial charge in [0.1, 0.15) is 0 Å². The second kappa shape index (κ2) is 5.68. The minimum Gasteiger partial charge on any atom is -0.380 e. The molecule has 0 aliphatic carbocycles. The summed E-state index contributed by atoms with van der Waals surface area (Å²) in [5.41, 5.74) is 1.76. The highest BCUT2D eigenvalue weighted by atomic mass is 15.1. The molecule has 0 saturated carbocycles. The van der Waals surface area contributed by atoms with E-state index in [-0.39, 0.29) is 6.04 Å². The maximum atomic E-state index is 9.20. The van der Waals surface area contributed by atoms with E-state index in [4.69, 9.17) is 0 Å². The molecule has 0 spiro atoms. The average molecular weight is 276 g/mol. The Labute approximate surface area is 123 Å². The van der Waals surface area contributed by atoms with Crippen molar-refractivity contribution in [1.82, 2.24) is 9.55 Å². The Balaban J connectivity index is 1.89. The smallest absolute Gasteiger partial charge is 0.0998 e. The van der Waals surface area contributed by atoms with Crippen LogP contribution in [0.25, 0.3) is 10.8 Å². The van der Waals surface area contributed by atoms with E-state index < -0.39 is 0 Å². The van der Waals surface area contributed by atoms with Gasteiger partial charge in [-0.05, 0) is 19.1 Å². The minimum absolute atomic E-state index is 0.260. The molecule has 104 valence electrons. The Kier molecular flexibility index (Phi) is 3.57. The van der Waals surface area contributed by atoms with Gasteiger partial charge in [-0.15, -0.1) is 0 Å². The van der Waals surface area contributed by atoms with Crippen LogP contribution in [0.3, 0.4) is 0 Å². The fourth-order valence-corrected chi connectivity index (χ4v) is 2.54. The van der Waals surface area contributed by atoms with Crippen molar-refractivity contribution < 1.29 is 0 Å². The molecule has 1 heterocycles. The highest BCUT2D eigenvalue weighted by molar-refractivity contribution is 5.97. The third-order valence-electron chi connectivity index (χ3n) is 3.49. The number of rotatable bonds is 4. The monoisotopic (exact) mass is 276 g/mol. The first-order valence-electron chi connectivity index (χ1n) is 6.92. The van der Waals surface area contributed by atoms with Crippen LogP contribution in [0.4, 0.5) is 5.69 Å². The van der Waals surface area contributed by atoms with E-state index in [9.17, 15) is 5.26 Å². The number of nitriles is 1. The topological polar surface area (TPSA) is 53.6 Å². The zero-order valence-corrected chi connectivity index (χ0v) is 11.8. The summed E-state index contributed by atoms with van der Waals surface area (Å²) in [5.74, 6) is 0. The molecule has 4 heteroatoms. The van der Waals surface area contributed by atoms with Gasteiger partial charge in [0.25, 0.3) is 0 Å². The van der Waals surface area contributed by atoms with Crippen LogP contribution in [-0.4, -0.2) is 15.6 Å². The Hall–Kier alpha value is -2.80. The average Bonchev–Trinajstić information content (AvgIpc) is 3.00. The van der Waals surface area contributed by atoms with Crippen LogP contribution in [0.1, 0.15) is 12.5 Å². The fourth-order valence-electron chi connectivity index (χ4n) is 2.54. The molecule has 0 amide bonds. The summed E-state index contributed by atoms with van der Waals surface area (Å²) in [7, 11) is 0. The van der Waals surface area contributed by atoms with Crippen LogP contribution >= 0.6 is 0 Å². The van der Waals surface area contributed by atoms with E-state index in [2.05, 4.69) is 23.3 Å². The molecule has 21 heavy (non-hydrogen) atoms. The lowest BCUT2D eigenvalue weighted by Crippen LogP contribution is -2.21. The van der Waals surface area contributed by atoms with Crippen LogP contribution in [0.2, 0.25) is 0 Å². The molecular formula is C17H16N4. The van der Waals surface area contributed by atoms with Crippen LogP contribution in [-0.2, 0) is 6.54 Å². The van der Waals surface area contributed by atoms with Crippen molar-refractivity contribution in [2.24, 2.45) is 0 Å². The highest BCUT2D eigenvalue weighted by Crippen LogP contribution is 2.26. The van der Waals surface area contributed by atoms with Crippen LogP contribution < -0.4 is 5.32 Å². The molecule has 3 rings (SSSR count). The van der Waals surface area contributed by atoms with Gasteiger partial charge in [-0.1, -0.05) is 24.3 Å². The molecular weight excluding hydrogens is 260 g/mol. The number of imidazole rings is 1. The molecule has 1 unspecified atom stereocenters. The molecule has 0 aliphatic heterocycles. The van der Waals surface area contributed by atoms with Gasteiger partial charge in [0.05, 0.1) is 18.0 Å². The van der Waals surface area contributed by atoms with Gasteiger partial charge in [0.15, 0.2) is 0 Å². The van der Waals surface area contributed by atoms with Crippen molar-refractivity contribution in [2.45, 2.75) is 19.5 Å². The number of fused-ring (bicyclic) bond motifs is 1. The number of benzene rings is 2. The third kappa shape index (κ3) is 2.72. The molecule has 0 bridgehead atoms. The van der Waals surface area contributed by atoms with Gasteiger partial charge in [0.2, 0.25) is 0 Å². The molecule has 0 aliphatic rings. The van der Waals surface area contributed by atoms with Gasteiger partial charge in [-0.3, -0.25) is 0 Å². The second-order valence-electron chi connectivity index (χ2n) is 5.12. The summed E-state index contributed by atoms with van der Waals surface area (Å²) in [6.45, 7) is 2.97. The van der Waals surface area contributed by atoms with Gasteiger partial charge in [-0.2, -0.15) is 5.26 Å². The minimum atomic E-state index is 0.260. The van der Waals surface area contributed by atoms with Crippen LogP contribution in [0.5, 0.6) is 0 Å². The van der Waals surface area contributed by atoms with Gasteiger partial charge < -0.3 is 9.88 Å². The SMILES string of the molecule is CC(Cn1ccnc1)Nc1ccc(C#N)c2ccccc12. The van der Waals surface area contributed by atoms with Gasteiger partial charge >= 0.3 is 0 Å². The number of hydrogen-bond donors (Lipinski definition) is 1. The lowest BCUT2D eigenvalue weighted by molar-refractivity contribution is 0.619. The summed E-state index contributed by atoms with van der Waals surface area (Å²) in [6.07, 6.45) is 5.55. The summed E-state index contributed by atoms with van der Waals surface area (Å²) in [5, 5.41) is 14.8. The number of nitrogens with zero attached hydrogens (tertiary/aromatic N) is 3. The predicted octanol–water partition coefficient (Wildman–Crippen LogP) is 3.41. The van der Waals surface area contributed by atoms with E-state index in [1.165, 1.54) is 0 Å². The summed E-state index contributed by atoms with van der Waals surface area (Å²) < 4.78 is 2.05. The van der Waals surface area contributed by atoms with Crippen molar-refractivity contribution in [3.8, 4) is 6.07 Å². The molecule has 0 radical (unpaired) electrons. The Bertz CT molecular complexity index is 784. The fraction of sp³-hybridized carbons (Fsp3) is 0.176. The first-order chi connectivity index (χ1) is 10.3. The molecule has 0 saturated heterocycles. The van der Waals surface area contributed by atoms with Crippen LogP contribution in [0, 0.1) is 11.3 Å². The van der Waals surface area contributed by atoms with E-state index in [1.54, 1.807) is 6.20 Å². The number of hydrogen-bond acceptors (Lipinski definition) is 3. The maximum absolute atomic E-state index is 9.20. The molecule has 1 N–H and O–H groups in total.